The Bertz CT molecular complexity index is 5310. The molecule has 6 aromatic heterocycles. The average Bonchev–Trinajstić information content (AvgIpc) is 4.36. The number of hydrogen-bond acceptors (Lipinski definition) is 7. The van der Waals surface area contributed by atoms with Crippen molar-refractivity contribution in [3.05, 3.63) is 231 Å². The van der Waals surface area contributed by atoms with Crippen LogP contribution in [0.25, 0.3) is 168 Å². The summed E-state index contributed by atoms with van der Waals surface area (Å²) in [5, 5.41) is 11.4. The summed E-state index contributed by atoms with van der Waals surface area (Å²) in [5.74, 6) is 1.72. The summed E-state index contributed by atoms with van der Waals surface area (Å²) in [7, 11) is 0. The van der Waals surface area contributed by atoms with Crippen LogP contribution in [-0.2, 0) is 0 Å². The number of rotatable bonds is 6. The molecule has 0 aliphatic carbocycles. The monoisotopic (exact) mass is 1020 g/mol. The Hall–Kier alpha value is -9.73. The molecular weight excluding hydrogens is 981 g/mol. The SMILES string of the molecule is c1ccc(-n2c3ccccc3c3cc(-c4cccc5sc6ccc(-c7ccc8oc9cccc(-c%10nc(-c%11ccc%12c(c%11)oc%11ccccc%11%12)nc(-c%11cccc%12sc%13ccccc%13c%11%12)n%10)c9c8c7)cc6c45)ccc32)cc1. The Labute approximate surface area is 447 Å². The third kappa shape index (κ3) is 6.50. The lowest BCUT2D eigenvalue weighted by Gasteiger charge is -2.10. The maximum atomic E-state index is 6.69. The minimum atomic E-state index is 0.559. The van der Waals surface area contributed by atoms with E-state index >= 15 is 0 Å². The fourth-order valence-electron chi connectivity index (χ4n) is 12.0. The number of furan rings is 2. The number of benzene rings is 11. The molecule has 0 fully saturated rings. The number of nitrogens with zero attached hydrogens (tertiary/aromatic N) is 4. The molecule has 358 valence electrons. The van der Waals surface area contributed by atoms with Crippen LogP contribution in [0, 0.1) is 0 Å². The Morgan fingerprint density at radius 1 is 0.286 bits per heavy atom. The number of hydrogen-bond donors (Lipinski definition) is 0. The second-order valence-electron chi connectivity index (χ2n) is 19.8. The van der Waals surface area contributed by atoms with E-state index < -0.39 is 0 Å². The van der Waals surface area contributed by atoms with Gasteiger partial charge in [0.25, 0.3) is 0 Å². The maximum Gasteiger partial charge on any atom is 0.164 e. The number of aromatic nitrogens is 4. The molecular formula is C69H38N4O2S2. The highest BCUT2D eigenvalue weighted by atomic mass is 32.1. The van der Waals surface area contributed by atoms with Crippen LogP contribution in [0.15, 0.2) is 239 Å². The zero-order valence-electron chi connectivity index (χ0n) is 40.9. The van der Waals surface area contributed by atoms with Crippen molar-refractivity contribution in [1.29, 1.82) is 0 Å². The van der Waals surface area contributed by atoms with E-state index in [1.807, 2.05) is 41.7 Å². The molecule has 0 saturated carbocycles. The van der Waals surface area contributed by atoms with E-state index in [-0.39, 0.29) is 0 Å². The number of fused-ring (bicyclic) bond motifs is 15. The van der Waals surface area contributed by atoms with Gasteiger partial charge in [0.15, 0.2) is 17.5 Å². The van der Waals surface area contributed by atoms with Crippen molar-refractivity contribution < 1.29 is 8.83 Å². The second kappa shape index (κ2) is 16.4. The molecule has 6 nitrogen and oxygen atoms in total. The Morgan fingerprint density at radius 3 is 1.68 bits per heavy atom. The van der Waals surface area contributed by atoms with Crippen molar-refractivity contribution in [2.75, 3.05) is 0 Å². The topological polar surface area (TPSA) is 69.9 Å². The van der Waals surface area contributed by atoms with Crippen molar-refractivity contribution in [1.82, 2.24) is 19.5 Å². The van der Waals surface area contributed by atoms with E-state index in [1.165, 1.54) is 67.9 Å². The molecule has 0 N–H and O–H groups in total. The van der Waals surface area contributed by atoms with Crippen LogP contribution in [0.3, 0.4) is 0 Å². The summed E-state index contributed by atoms with van der Waals surface area (Å²) < 4.78 is 20.4. The number of para-hydroxylation sites is 3. The molecule has 17 aromatic rings. The van der Waals surface area contributed by atoms with E-state index in [9.17, 15) is 0 Å². The van der Waals surface area contributed by atoms with Crippen LogP contribution in [0.4, 0.5) is 0 Å². The first-order valence-corrected chi connectivity index (χ1v) is 27.4. The second-order valence-corrected chi connectivity index (χ2v) is 22.0. The van der Waals surface area contributed by atoms with Crippen LogP contribution in [0.1, 0.15) is 0 Å². The van der Waals surface area contributed by atoms with Crippen molar-refractivity contribution in [2.45, 2.75) is 0 Å². The van der Waals surface area contributed by atoms with Gasteiger partial charge in [-0.05, 0) is 119 Å². The van der Waals surface area contributed by atoms with Crippen LogP contribution in [-0.4, -0.2) is 19.5 Å². The minimum Gasteiger partial charge on any atom is -0.456 e. The Morgan fingerprint density at radius 2 is 0.831 bits per heavy atom. The molecule has 0 spiro atoms. The summed E-state index contributed by atoms with van der Waals surface area (Å²) in [6, 6.07) is 82.1. The summed E-state index contributed by atoms with van der Waals surface area (Å²) in [6.45, 7) is 0. The van der Waals surface area contributed by atoms with Crippen molar-refractivity contribution in [3.8, 4) is 62.1 Å². The van der Waals surface area contributed by atoms with Gasteiger partial charge in [0.05, 0.1) is 11.0 Å². The zero-order chi connectivity index (χ0) is 50.3. The highest BCUT2D eigenvalue weighted by molar-refractivity contribution is 7.26. The van der Waals surface area contributed by atoms with Crippen LogP contribution in [0.2, 0.25) is 0 Å². The van der Waals surface area contributed by atoms with Gasteiger partial charge in [-0.3, -0.25) is 0 Å². The summed E-state index contributed by atoms with van der Waals surface area (Å²) >= 11 is 3.63. The third-order valence-corrected chi connectivity index (χ3v) is 17.8. The molecule has 0 radical (unpaired) electrons. The molecule has 0 atom stereocenters. The lowest BCUT2D eigenvalue weighted by atomic mass is 9.96. The summed E-state index contributed by atoms with van der Waals surface area (Å²) in [6.07, 6.45) is 0. The number of thiophene rings is 2. The van der Waals surface area contributed by atoms with Gasteiger partial charge >= 0.3 is 0 Å². The summed E-state index contributed by atoms with van der Waals surface area (Å²) in [5.41, 5.74) is 14.0. The van der Waals surface area contributed by atoms with E-state index in [4.69, 9.17) is 23.8 Å². The van der Waals surface area contributed by atoms with Gasteiger partial charge in [-0.15, -0.1) is 22.7 Å². The van der Waals surface area contributed by atoms with Gasteiger partial charge in [-0.25, -0.2) is 15.0 Å². The summed E-state index contributed by atoms with van der Waals surface area (Å²) in [4.78, 5) is 16.0. The first-order chi connectivity index (χ1) is 38.1. The predicted molar refractivity (Wildman–Crippen MR) is 322 cm³/mol. The highest BCUT2D eigenvalue weighted by Crippen LogP contribution is 2.46. The van der Waals surface area contributed by atoms with Gasteiger partial charge in [0, 0.05) is 95.0 Å². The molecule has 6 heterocycles. The predicted octanol–water partition coefficient (Wildman–Crippen LogP) is 19.8. The minimum absolute atomic E-state index is 0.559. The molecule has 17 rings (SSSR count). The molecule has 8 heteroatoms. The van der Waals surface area contributed by atoms with E-state index in [1.54, 1.807) is 11.3 Å². The maximum absolute atomic E-state index is 6.69. The fraction of sp³-hybridized carbons (Fsp3) is 0. The molecule has 0 aliphatic heterocycles. The average molecular weight is 1020 g/mol. The fourth-order valence-corrected chi connectivity index (χ4v) is 14.3. The standard InChI is InChI=1S/C69H38N4O2S2/c1-2-13-43(14-3-1)73-54-21-7-4-15-45(54)51-37-41(28-32-55(51)73)44-18-11-25-62-65(44)53-36-40(30-34-61(53)77-62)39-29-33-57-52(35-39)64-49(19-10-23-58(64)74-57)68-70-67(42-27-31-47-46-16-5-8-22-56(46)75-59(47)38-42)71-69(72-68)50-20-12-26-63-66(50)48-17-6-9-24-60(48)76-63/h1-38H. The normalized spacial score (nSPS) is 12.2. The van der Waals surface area contributed by atoms with Crippen LogP contribution >= 0.6 is 22.7 Å². The highest BCUT2D eigenvalue weighted by Gasteiger charge is 2.22. The van der Waals surface area contributed by atoms with Gasteiger partial charge in [0.1, 0.15) is 22.3 Å². The Kier molecular flexibility index (Phi) is 9.07. The molecule has 0 saturated heterocycles. The van der Waals surface area contributed by atoms with Crippen molar-refractivity contribution in [3.63, 3.8) is 0 Å². The molecule has 0 amide bonds. The van der Waals surface area contributed by atoms with E-state index in [2.05, 4.69) is 205 Å². The van der Waals surface area contributed by atoms with Crippen molar-refractivity contribution in [2.24, 2.45) is 0 Å². The molecule has 11 aromatic carbocycles. The van der Waals surface area contributed by atoms with Gasteiger partial charge < -0.3 is 13.4 Å². The zero-order valence-corrected chi connectivity index (χ0v) is 42.5. The lowest BCUT2D eigenvalue weighted by molar-refractivity contribution is 0.668. The lowest BCUT2D eigenvalue weighted by Crippen LogP contribution is -2.00. The Balaban J connectivity index is 0.827. The third-order valence-electron chi connectivity index (χ3n) is 15.5. The van der Waals surface area contributed by atoms with Crippen molar-refractivity contribution >= 4 is 129 Å². The van der Waals surface area contributed by atoms with Gasteiger partial charge in [0.2, 0.25) is 0 Å². The molecule has 0 bridgehead atoms. The van der Waals surface area contributed by atoms with E-state index in [0.29, 0.717) is 17.5 Å². The van der Waals surface area contributed by atoms with E-state index in [0.717, 1.165) is 82.8 Å². The first-order valence-electron chi connectivity index (χ1n) is 25.7. The van der Waals surface area contributed by atoms with Crippen LogP contribution in [0.5, 0.6) is 0 Å². The molecule has 0 aliphatic rings. The quantitative estimate of drug-likeness (QED) is 0.166. The van der Waals surface area contributed by atoms with Gasteiger partial charge in [-0.1, -0.05) is 133 Å². The largest absolute Gasteiger partial charge is 0.456 e. The smallest absolute Gasteiger partial charge is 0.164 e. The molecule has 77 heavy (non-hydrogen) atoms. The van der Waals surface area contributed by atoms with Crippen LogP contribution < -0.4 is 0 Å². The molecule has 0 unspecified atom stereocenters. The first kappa shape index (κ1) is 42.6. The van der Waals surface area contributed by atoms with Gasteiger partial charge in [-0.2, -0.15) is 0 Å².